The Hall–Kier alpha value is -10.5. The zero-order chi connectivity index (χ0) is 71.8. The monoisotopic (exact) mass is 1430 g/mol. The molecule has 4 amide bonds. The van der Waals surface area contributed by atoms with Gasteiger partial charge in [0.15, 0.2) is 34.5 Å². The van der Waals surface area contributed by atoms with Gasteiger partial charge in [-0.3, -0.25) is 19.2 Å². The number of anilines is 18. The average molecular weight is 1430 g/mol. The highest BCUT2D eigenvalue weighted by Gasteiger charge is 2.37. The highest BCUT2D eigenvalue weighted by atomic mass is 32.1. The summed E-state index contributed by atoms with van der Waals surface area (Å²) in [6.07, 6.45) is 7.85. The van der Waals surface area contributed by atoms with Crippen molar-refractivity contribution in [3.05, 3.63) is 136 Å². The highest BCUT2D eigenvalue weighted by Crippen LogP contribution is 2.45. The Morgan fingerprint density at radius 3 is 1.40 bits per heavy atom. The van der Waals surface area contributed by atoms with Crippen LogP contribution in [0.25, 0.3) is 0 Å². The van der Waals surface area contributed by atoms with E-state index in [1.165, 1.54) is 45.8 Å². The zero-order valence-corrected chi connectivity index (χ0v) is 61.5. The number of fused-ring (bicyclic) bond motifs is 6. The van der Waals surface area contributed by atoms with E-state index in [4.69, 9.17) is 15.0 Å². The van der Waals surface area contributed by atoms with E-state index in [2.05, 4.69) is 122 Å². The smallest absolute Gasteiger partial charge is 0.280 e. The Morgan fingerprint density at radius 2 is 0.922 bits per heavy atom. The van der Waals surface area contributed by atoms with Gasteiger partial charge in [-0.1, -0.05) is 6.58 Å². The third-order valence-corrected chi connectivity index (χ3v) is 21.9. The summed E-state index contributed by atoms with van der Waals surface area (Å²) >= 11 is 4.46. The zero-order valence-electron chi connectivity index (χ0n) is 59.1. The van der Waals surface area contributed by atoms with Gasteiger partial charge in [0.25, 0.3) is 17.7 Å². The summed E-state index contributed by atoms with van der Waals surface area (Å²) in [5, 5.41) is 24.6. The van der Waals surface area contributed by atoms with Crippen LogP contribution in [-0.4, -0.2) is 203 Å². The van der Waals surface area contributed by atoms with Gasteiger partial charge in [-0.25, -0.2) is 29.9 Å². The molecule has 0 unspecified atom stereocenters. The third kappa shape index (κ3) is 14.3. The first-order valence-electron chi connectivity index (χ1n) is 34.0. The number of carbonyl (C=O) groups is 4. The molecule has 0 aliphatic carbocycles. The summed E-state index contributed by atoms with van der Waals surface area (Å²) in [5.74, 6) is 2.92. The Morgan fingerprint density at radius 1 is 0.500 bits per heavy atom. The molecule has 0 atom stereocenters. The number of likely N-dealkylation sites (N-methyl/N-ethyl adjacent to an activating group) is 1. The Bertz CT molecular complexity index is 4440. The Kier molecular flexibility index (Phi) is 20.3. The molecule has 6 aliphatic heterocycles. The van der Waals surface area contributed by atoms with Crippen molar-refractivity contribution >= 4 is 159 Å². The van der Waals surface area contributed by atoms with Crippen LogP contribution in [0.1, 0.15) is 78.7 Å². The number of piperazine rings is 2. The first kappa shape index (κ1) is 70.0. The Balaban J connectivity index is 0.000000137. The van der Waals surface area contributed by atoms with Crippen LogP contribution in [0.2, 0.25) is 0 Å². The van der Waals surface area contributed by atoms with Crippen molar-refractivity contribution in [2.45, 2.75) is 60.5 Å². The van der Waals surface area contributed by atoms with Gasteiger partial charge < -0.3 is 75.0 Å². The second kappa shape index (κ2) is 29.6. The van der Waals surface area contributed by atoms with Gasteiger partial charge in [0.2, 0.25) is 23.8 Å². The van der Waals surface area contributed by atoms with Gasteiger partial charge in [0.1, 0.15) is 32.1 Å². The van der Waals surface area contributed by atoms with E-state index in [1.54, 1.807) is 47.4 Å². The van der Waals surface area contributed by atoms with E-state index < -0.39 is 0 Å². The summed E-state index contributed by atoms with van der Waals surface area (Å²) in [7, 11) is 9.40. The quantitative estimate of drug-likeness (QED) is 0.0827. The number of benzene rings is 3. The van der Waals surface area contributed by atoms with E-state index in [9.17, 15) is 24.3 Å². The average Bonchev–Trinajstić information content (AvgIpc) is 1.63. The number of piperidine rings is 1. The molecule has 9 aromatic rings. The minimum absolute atomic E-state index is 0.0177. The number of rotatable bonds is 12. The molecule has 6 aromatic heterocycles. The number of carbonyl (C=O) groups excluding carboxylic acids is 4. The summed E-state index contributed by atoms with van der Waals surface area (Å²) < 4.78 is 0. The number of hydrogen-bond donors (Lipinski definition) is 4. The summed E-state index contributed by atoms with van der Waals surface area (Å²) in [5.41, 5.74) is 10.5. The van der Waals surface area contributed by atoms with E-state index >= 15 is 0 Å². The largest absolute Gasteiger partial charge is 0.393 e. The number of thiazole rings is 3. The molecule has 31 heteroatoms. The minimum atomic E-state index is -0.185. The predicted molar refractivity (Wildman–Crippen MR) is 408 cm³/mol. The van der Waals surface area contributed by atoms with Gasteiger partial charge >= 0.3 is 0 Å². The number of aryl methyl sites for hydroxylation is 4. The number of aromatic nitrogens is 9. The number of aliphatic hydroxyl groups excluding tert-OH is 1. The molecule has 102 heavy (non-hydrogen) atoms. The molecule has 530 valence electrons. The van der Waals surface area contributed by atoms with E-state index in [-0.39, 0.29) is 29.7 Å². The van der Waals surface area contributed by atoms with Crippen LogP contribution in [0.15, 0.2) is 98.0 Å². The Labute approximate surface area is 604 Å². The molecular formula is C71H83N23O5S3. The van der Waals surface area contributed by atoms with E-state index in [0.717, 1.165) is 129 Å². The standard InChI is InChI=1S/C27H32N8O2S.C22H26N8OS.C22H25N7O2S/c1-6-22(36)33-13-11-32(12-14-33)19-9-10-20(17(4)15-19)30-27-28-16-21-24(31-27)35(8-3)26-23(29-18(5)38-26)25(37)34(21)7-2;1-14-24-18-20(31)28(3)17-13-23-22(26-19(17)29(4)21(18)32-14)25-15-5-7-16(8-6-15)30-11-9-27(2)10-12-30;1-13-24-18-20(31)27(2)17-12-23-22(26-19(17)28(3)21(18)32-13)25-14-4-6-15(7-5-14)29-10-8-16(30)9-11-29/h6,9-10,15-16H,1,7-8,11-14H2,2-5H3,(H,28,30,31);5-8,13H,9-12H2,1-4H3,(H,23,25,26);4-7,12,16,30H,8-11H2,1-3H3,(H,23,25,26). The lowest BCUT2D eigenvalue weighted by Crippen LogP contribution is -2.48. The molecule has 0 saturated carbocycles. The SMILES string of the molecule is C=CC(=O)N1CCN(c2ccc(Nc3ncc4c(n3)N(CC)c3sc(C)nc3C(=O)N4CC)c(C)c2)CC1.Cc1nc2c(s1)N(C)c1nc(Nc3ccc(N4CCC(O)CC4)cc3)ncc1N(C)C2=O.Cc1nc2c(s1)N(C)c1nc(Nc3ccc(N4CCN(C)CC4)cc3)ncc1N(C)C2=O. The van der Waals surface area contributed by atoms with Crippen molar-refractivity contribution < 1.29 is 24.3 Å². The number of amides is 4. The lowest BCUT2D eigenvalue weighted by Gasteiger charge is -2.36. The second-order valence-electron chi connectivity index (χ2n) is 25.5. The normalized spacial score (nSPS) is 16.1. The number of nitrogens with one attached hydrogen (secondary N) is 3. The maximum absolute atomic E-state index is 13.3. The van der Waals surface area contributed by atoms with Crippen molar-refractivity contribution in [3.8, 4) is 0 Å². The van der Waals surface area contributed by atoms with E-state index in [0.29, 0.717) is 95.6 Å². The molecule has 3 fully saturated rings. The first-order valence-corrected chi connectivity index (χ1v) is 36.4. The van der Waals surface area contributed by atoms with Crippen molar-refractivity contribution in [1.82, 2.24) is 54.7 Å². The maximum atomic E-state index is 13.3. The first-order chi connectivity index (χ1) is 49.1. The molecule has 12 heterocycles. The van der Waals surface area contributed by atoms with Crippen LogP contribution < -0.4 is 60.0 Å². The van der Waals surface area contributed by atoms with Crippen molar-refractivity contribution in [2.75, 3.05) is 174 Å². The maximum Gasteiger partial charge on any atom is 0.280 e. The third-order valence-electron chi connectivity index (χ3n) is 18.8. The molecule has 0 spiro atoms. The van der Waals surface area contributed by atoms with Gasteiger partial charge in [0.05, 0.1) is 39.7 Å². The molecule has 4 N–H and O–H groups in total. The molecule has 3 aromatic carbocycles. The topological polar surface area (TPSA) is 276 Å². The lowest BCUT2D eigenvalue weighted by molar-refractivity contribution is -0.126. The second-order valence-corrected chi connectivity index (χ2v) is 29.0. The molecule has 6 aliphatic rings. The summed E-state index contributed by atoms with van der Waals surface area (Å²) in [4.78, 5) is 114. The highest BCUT2D eigenvalue weighted by molar-refractivity contribution is 7.17. The lowest BCUT2D eigenvalue weighted by atomic mass is 10.1. The van der Waals surface area contributed by atoms with Crippen molar-refractivity contribution in [1.29, 1.82) is 0 Å². The number of nitrogens with zero attached hydrogens (tertiary/aromatic N) is 20. The minimum Gasteiger partial charge on any atom is -0.393 e. The summed E-state index contributed by atoms with van der Waals surface area (Å²) in [6.45, 7) is 25.3. The molecule has 3 saturated heterocycles. The van der Waals surface area contributed by atoms with Gasteiger partial charge in [-0.05, 0) is 140 Å². The van der Waals surface area contributed by atoms with E-state index in [1.807, 2.05) is 98.6 Å². The predicted octanol–water partition coefficient (Wildman–Crippen LogP) is 10.7. The van der Waals surface area contributed by atoms with Crippen LogP contribution in [0.4, 0.5) is 101 Å². The number of aliphatic hydroxyl groups is 1. The van der Waals surface area contributed by atoms with Crippen molar-refractivity contribution in [2.24, 2.45) is 0 Å². The van der Waals surface area contributed by atoms with Crippen LogP contribution in [0.3, 0.4) is 0 Å². The fourth-order valence-corrected chi connectivity index (χ4v) is 15.7. The summed E-state index contributed by atoms with van der Waals surface area (Å²) in [6, 6.07) is 22.7. The van der Waals surface area contributed by atoms with Crippen LogP contribution in [0.5, 0.6) is 0 Å². The fraction of sp³-hybridized carbons (Fsp3) is 0.366. The molecule has 0 bridgehead atoms. The molecule has 0 radical (unpaired) electrons. The van der Waals surface area contributed by atoms with Crippen LogP contribution >= 0.6 is 34.0 Å². The fourth-order valence-electron chi connectivity index (χ4n) is 13.0. The van der Waals surface area contributed by atoms with Gasteiger partial charge in [-0.2, -0.15) is 15.0 Å². The number of hydrogen-bond acceptors (Lipinski definition) is 27. The molecular weight excluding hydrogens is 1350 g/mol. The van der Waals surface area contributed by atoms with Gasteiger partial charge in [0, 0.05) is 141 Å². The van der Waals surface area contributed by atoms with Crippen LogP contribution in [0, 0.1) is 27.7 Å². The van der Waals surface area contributed by atoms with Gasteiger partial charge in [-0.15, -0.1) is 34.0 Å². The van der Waals surface area contributed by atoms with Crippen molar-refractivity contribution in [3.63, 3.8) is 0 Å². The van der Waals surface area contributed by atoms with Crippen LogP contribution in [-0.2, 0) is 4.79 Å². The molecule has 15 rings (SSSR count). The molecule has 28 nitrogen and oxygen atoms in total.